The van der Waals surface area contributed by atoms with Gasteiger partial charge in [0.1, 0.15) is 0 Å². The lowest BCUT2D eigenvalue weighted by atomic mass is 10.1. The molecule has 2 atom stereocenters. The molecule has 2 N–H and O–H groups in total. The van der Waals surface area contributed by atoms with Crippen LogP contribution >= 0.6 is 0 Å². The summed E-state index contributed by atoms with van der Waals surface area (Å²) >= 11 is 0. The zero-order valence-electron chi connectivity index (χ0n) is 13.6. The maximum atomic E-state index is 11.8. The molecule has 1 aliphatic rings. The molecule has 118 valence electrons. The van der Waals surface area contributed by atoms with Crippen molar-refractivity contribution in [1.82, 2.24) is 15.1 Å². The van der Waals surface area contributed by atoms with Crippen LogP contribution in [0.5, 0.6) is 0 Å². The highest BCUT2D eigenvalue weighted by atomic mass is 16.3. The van der Waals surface area contributed by atoms with Gasteiger partial charge in [-0.25, -0.2) is 0 Å². The van der Waals surface area contributed by atoms with Crippen LogP contribution in [0, 0.1) is 0 Å². The fourth-order valence-corrected chi connectivity index (χ4v) is 2.62. The molecule has 1 amide bonds. The zero-order chi connectivity index (χ0) is 15.3. The van der Waals surface area contributed by atoms with Crippen LogP contribution in [-0.4, -0.2) is 71.2 Å². The lowest BCUT2D eigenvalue weighted by molar-refractivity contribution is -0.123. The van der Waals surface area contributed by atoms with Gasteiger partial charge in [-0.3, -0.25) is 9.69 Å². The van der Waals surface area contributed by atoms with Crippen LogP contribution in [0.1, 0.15) is 41.0 Å². The second-order valence-corrected chi connectivity index (χ2v) is 7.04. The molecular weight excluding hydrogens is 254 g/mol. The third-order valence-electron chi connectivity index (χ3n) is 3.52. The van der Waals surface area contributed by atoms with Gasteiger partial charge in [0, 0.05) is 50.7 Å². The van der Waals surface area contributed by atoms with E-state index in [-0.39, 0.29) is 17.6 Å². The summed E-state index contributed by atoms with van der Waals surface area (Å²) in [5, 5.41) is 12.5. The van der Waals surface area contributed by atoms with Gasteiger partial charge >= 0.3 is 0 Å². The van der Waals surface area contributed by atoms with Crippen molar-refractivity contribution in [2.75, 3.05) is 32.7 Å². The van der Waals surface area contributed by atoms with Crippen molar-refractivity contribution in [2.45, 2.75) is 58.7 Å². The van der Waals surface area contributed by atoms with E-state index in [0.717, 1.165) is 32.7 Å². The summed E-state index contributed by atoms with van der Waals surface area (Å²) in [5.74, 6) is 0.122. The molecule has 1 heterocycles. The maximum Gasteiger partial charge on any atom is 0.221 e. The Morgan fingerprint density at radius 2 is 2.05 bits per heavy atom. The Kier molecular flexibility index (Phi) is 6.43. The summed E-state index contributed by atoms with van der Waals surface area (Å²) in [4.78, 5) is 16.5. The third-order valence-corrected chi connectivity index (χ3v) is 3.52. The van der Waals surface area contributed by atoms with Crippen molar-refractivity contribution in [2.24, 2.45) is 0 Å². The number of nitrogens with zero attached hydrogens (tertiary/aromatic N) is 2. The highest BCUT2D eigenvalue weighted by Crippen LogP contribution is 2.10. The molecule has 0 unspecified atom stereocenters. The first-order valence-corrected chi connectivity index (χ1v) is 7.63. The molecule has 0 aromatic rings. The predicted molar refractivity (Wildman–Crippen MR) is 81.7 cm³/mol. The number of carbonyl (C=O) groups is 1. The summed E-state index contributed by atoms with van der Waals surface area (Å²) in [6.45, 7) is 14.5. The molecule has 1 rings (SSSR count). The number of β-amino-alcohol motifs (C(OH)–C–C–N with tert-alkyl or cyclic N) is 1. The molecule has 1 aliphatic heterocycles. The van der Waals surface area contributed by atoms with Crippen molar-refractivity contribution in [1.29, 1.82) is 0 Å². The van der Waals surface area contributed by atoms with E-state index in [9.17, 15) is 9.90 Å². The summed E-state index contributed by atoms with van der Waals surface area (Å²) < 4.78 is 0. The largest absolute Gasteiger partial charge is 0.392 e. The third kappa shape index (κ3) is 6.68. The fourth-order valence-electron chi connectivity index (χ4n) is 2.62. The lowest BCUT2D eigenvalue weighted by Crippen LogP contribution is -2.54. The number of carbonyl (C=O) groups excluding carboxylic acids is 1. The van der Waals surface area contributed by atoms with Gasteiger partial charge in [0.25, 0.3) is 0 Å². The number of amides is 1. The Hall–Kier alpha value is -0.650. The Bertz CT molecular complexity index is 313. The van der Waals surface area contributed by atoms with E-state index in [2.05, 4.69) is 22.0 Å². The number of aliphatic hydroxyl groups is 1. The van der Waals surface area contributed by atoms with E-state index in [1.807, 2.05) is 27.7 Å². The maximum absolute atomic E-state index is 11.8. The second-order valence-electron chi connectivity index (χ2n) is 7.04. The normalized spacial score (nSPS) is 23.6. The average molecular weight is 285 g/mol. The number of piperazine rings is 1. The van der Waals surface area contributed by atoms with Crippen molar-refractivity contribution in [3.8, 4) is 0 Å². The minimum absolute atomic E-state index is 0.122. The number of hydrogen-bond donors (Lipinski definition) is 2. The van der Waals surface area contributed by atoms with Crippen LogP contribution in [0.2, 0.25) is 0 Å². The van der Waals surface area contributed by atoms with Gasteiger partial charge in [0.2, 0.25) is 5.91 Å². The monoisotopic (exact) mass is 285 g/mol. The quantitative estimate of drug-likeness (QED) is 0.780. The minimum Gasteiger partial charge on any atom is -0.392 e. The standard InChI is InChI=1S/C15H31N3O2/c1-12-10-17(8-9-18(12)11-13(2)19)7-6-14(20)16-15(3,4)5/h12-13,19H,6-11H2,1-5H3,(H,16,20)/t12-,13-/m1/s1. The van der Waals surface area contributed by atoms with Gasteiger partial charge in [0.05, 0.1) is 6.10 Å². The molecule has 0 bridgehead atoms. The van der Waals surface area contributed by atoms with E-state index in [4.69, 9.17) is 0 Å². The summed E-state index contributed by atoms with van der Waals surface area (Å²) in [5.41, 5.74) is -0.152. The SMILES string of the molecule is C[C@@H]1CN(CCC(=O)NC(C)(C)C)CCN1C[C@@H](C)O. The Labute approximate surface area is 123 Å². The molecular formula is C15H31N3O2. The molecule has 0 aromatic carbocycles. The Morgan fingerprint density at radius 1 is 1.40 bits per heavy atom. The van der Waals surface area contributed by atoms with Crippen LogP contribution < -0.4 is 5.32 Å². The minimum atomic E-state index is -0.276. The fraction of sp³-hybridized carbons (Fsp3) is 0.933. The predicted octanol–water partition coefficient (Wildman–Crippen LogP) is 0.678. The van der Waals surface area contributed by atoms with Crippen molar-refractivity contribution < 1.29 is 9.90 Å². The van der Waals surface area contributed by atoms with E-state index >= 15 is 0 Å². The first-order chi connectivity index (χ1) is 9.17. The van der Waals surface area contributed by atoms with Gasteiger partial charge in [-0.05, 0) is 34.6 Å². The number of nitrogens with one attached hydrogen (secondary N) is 1. The van der Waals surface area contributed by atoms with Gasteiger partial charge < -0.3 is 15.3 Å². The Morgan fingerprint density at radius 3 is 2.55 bits per heavy atom. The molecule has 5 nitrogen and oxygen atoms in total. The summed E-state index contributed by atoms with van der Waals surface area (Å²) in [7, 11) is 0. The van der Waals surface area contributed by atoms with Crippen molar-refractivity contribution in [3.63, 3.8) is 0 Å². The van der Waals surface area contributed by atoms with Gasteiger partial charge in [-0.2, -0.15) is 0 Å². The van der Waals surface area contributed by atoms with Crippen LogP contribution in [0.4, 0.5) is 0 Å². The lowest BCUT2D eigenvalue weighted by Gasteiger charge is -2.40. The van der Waals surface area contributed by atoms with E-state index < -0.39 is 0 Å². The summed E-state index contributed by atoms with van der Waals surface area (Å²) in [6, 6.07) is 0.434. The molecule has 0 spiro atoms. The van der Waals surface area contributed by atoms with Crippen LogP contribution in [-0.2, 0) is 4.79 Å². The van der Waals surface area contributed by atoms with Crippen LogP contribution in [0.25, 0.3) is 0 Å². The van der Waals surface area contributed by atoms with Gasteiger partial charge in [0.15, 0.2) is 0 Å². The van der Waals surface area contributed by atoms with E-state index in [1.165, 1.54) is 0 Å². The molecule has 0 aliphatic carbocycles. The van der Waals surface area contributed by atoms with Crippen molar-refractivity contribution >= 4 is 5.91 Å². The molecule has 0 aromatic heterocycles. The smallest absolute Gasteiger partial charge is 0.221 e. The number of aliphatic hydroxyl groups excluding tert-OH is 1. The molecule has 0 radical (unpaired) electrons. The second kappa shape index (κ2) is 7.38. The highest BCUT2D eigenvalue weighted by Gasteiger charge is 2.24. The topological polar surface area (TPSA) is 55.8 Å². The Balaban J connectivity index is 2.29. The highest BCUT2D eigenvalue weighted by molar-refractivity contribution is 5.76. The van der Waals surface area contributed by atoms with Crippen molar-refractivity contribution in [3.05, 3.63) is 0 Å². The number of rotatable bonds is 5. The van der Waals surface area contributed by atoms with E-state index in [0.29, 0.717) is 12.5 Å². The van der Waals surface area contributed by atoms with E-state index in [1.54, 1.807) is 0 Å². The molecule has 5 heteroatoms. The molecule has 1 saturated heterocycles. The molecule has 0 saturated carbocycles. The molecule has 20 heavy (non-hydrogen) atoms. The summed E-state index contributed by atoms with van der Waals surface area (Å²) in [6.07, 6.45) is 0.280. The average Bonchev–Trinajstić information content (AvgIpc) is 2.27. The first-order valence-electron chi connectivity index (χ1n) is 7.63. The zero-order valence-corrected chi connectivity index (χ0v) is 13.6. The number of hydrogen-bond acceptors (Lipinski definition) is 4. The van der Waals surface area contributed by atoms with Gasteiger partial charge in [-0.15, -0.1) is 0 Å². The van der Waals surface area contributed by atoms with Gasteiger partial charge in [-0.1, -0.05) is 0 Å². The van der Waals surface area contributed by atoms with Crippen LogP contribution in [0.15, 0.2) is 0 Å². The molecule has 1 fully saturated rings. The van der Waals surface area contributed by atoms with Crippen LogP contribution in [0.3, 0.4) is 0 Å². The first kappa shape index (κ1) is 17.4.